The van der Waals surface area contributed by atoms with Crippen LogP contribution in [0.2, 0.25) is 0 Å². The second kappa shape index (κ2) is 16.7. The number of fused-ring (bicyclic) bond motifs is 16. The molecule has 78 heavy (non-hydrogen) atoms. The van der Waals surface area contributed by atoms with Gasteiger partial charge in [-0.2, -0.15) is 9.97 Å². The molecule has 0 saturated carbocycles. The van der Waals surface area contributed by atoms with Crippen LogP contribution in [0.5, 0.6) is 0 Å². The van der Waals surface area contributed by atoms with Crippen molar-refractivity contribution in [3.8, 4) is 45.8 Å². The molecule has 0 radical (unpaired) electrons. The Morgan fingerprint density at radius 1 is 0.346 bits per heavy atom. The number of para-hydroxylation sites is 3. The van der Waals surface area contributed by atoms with Crippen LogP contribution in [0.15, 0.2) is 224 Å². The number of allylic oxidation sites excluding steroid dienone is 2. The fourth-order valence-electron chi connectivity index (χ4n) is 13.3. The van der Waals surface area contributed by atoms with Crippen molar-refractivity contribution in [2.45, 2.75) is 25.7 Å². The zero-order valence-electron chi connectivity index (χ0n) is 42.5. The minimum Gasteiger partial charge on any atom is -0.312 e. The zero-order chi connectivity index (χ0) is 51.0. The predicted octanol–water partition coefficient (Wildman–Crippen LogP) is 17.5. The molecule has 0 saturated heterocycles. The summed E-state index contributed by atoms with van der Waals surface area (Å²) in [5, 5.41) is 12.1. The van der Waals surface area contributed by atoms with Crippen molar-refractivity contribution in [2.75, 3.05) is 0 Å². The Labute approximate surface area is 448 Å². The maximum Gasteiger partial charge on any atom is 0.238 e. The lowest BCUT2D eigenvalue weighted by Gasteiger charge is -2.16. The molecule has 7 heteroatoms. The highest BCUT2D eigenvalue weighted by atomic mass is 15.2. The number of benzene rings is 10. The molecule has 5 aromatic heterocycles. The Hall–Kier alpha value is -10.1. The van der Waals surface area contributed by atoms with Gasteiger partial charge in [0, 0.05) is 71.8 Å². The highest BCUT2D eigenvalue weighted by Crippen LogP contribution is 2.46. The average molecular weight is 998 g/mol. The van der Waals surface area contributed by atoms with E-state index in [1.807, 2.05) is 0 Å². The van der Waals surface area contributed by atoms with Crippen LogP contribution in [-0.2, 0) is 12.8 Å². The van der Waals surface area contributed by atoms with E-state index in [0.29, 0.717) is 17.6 Å². The molecule has 0 N–H and O–H groups in total. The molecular weight excluding hydrogens is 951 g/mol. The average Bonchev–Trinajstić information content (AvgIpc) is 4.21. The van der Waals surface area contributed by atoms with Crippen molar-refractivity contribution in [2.24, 2.45) is 0 Å². The van der Waals surface area contributed by atoms with Gasteiger partial charge in [0.25, 0.3) is 0 Å². The smallest absolute Gasteiger partial charge is 0.238 e. The highest BCUT2D eigenvalue weighted by Gasteiger charge is 2.29. The van der Waals surface area contributed by atoms with Crippen molar-refractivity contribution in [1.82, 2.24) is 33.2 Å². The van der Waals surface area contributed by atoms with Gasteiger partial charge in [-0.25, -0.2) is 4.98 Å². The lowest BCUT2D eigenvalue weighted by Crippen LogP contribution is -2.08. The fourth-order valence-corrected chi connectivity index (χ4v) is 13.3. The second-order valence-electron chi connectivity index (χ2n) is 21.0. The van der Waals surface area contributed by atoms with E-state index < -0.39 is 0 Å². The van der Waals surface area contributed by atoms with Crippen LogP contribution in [0.1, 0.15) is 35.4 Å². The highest BCUT2D eigenvalue weighted by molar-refractivity contribution is 6.26. The first-order chi connectivity index (χ1) is 38.7. The summed E-state index contributed by atoms with van der Waals surface area (Å²) in [6, 6.07) is 77.2. The largest absolute Gasteiger partial charge is 0.312 e. The number of aryl methyl sites for hydroxylation is 1. The van der Waals surface area contributed by atoms with E-state index in [4.69, 9.17) is 15.0 Å². The Bertz CT molecular complexity index is 5000. The van der Waals surface area contributed by atoms with Crippen molar-refractivity contribution < 1.29 is 0 Å². The van der Waals surface area contributed by atoms with E-state index in [2.05, 4.69) is 255 Å². The number of hydrogen-bond acceptors (Lipinski definition) is 3. The zero-order valence-corrected chi connectivity index (χ0v) is 42.5. The molecule has 7 nitrogen and oxygen atoms in total. The van der Waals surface area contributed by atoms with Crippen molar-refractivity contribution in [1.29, 1.82) is 0 Å². The van der Waals surface area contributed by atoms with Crippen LogP contribution in [0.4, 0.5) is 0 Å². The third-order valence-corrected chi connectivity index (χ3v) is 16.7. The summed E-state index contributed by atoms with van der Waals surface area (Å²) in [7, 11) is 0. The van der Waals surface area contributed by atoms with Gasteiger partial charge in [-0.1, -0.05) is 164 Å². The maximum atomic E-state index is 5.45. The molecule has 17 rings (SSSR count). The van der Waals surface area contributed by atoms with Gasteiger partial charge in [-0.15, -0.1) is 0 Å². The molecule has 0 amide bonds. The molecule has 5 heterocycles. The molecule has 0 bridgehead atoms. The summed E-state index contributed by atoms with van der Waals surface area (Å²) in [6.45, 7) is 0. The first-order valence-corrected chi connectivity index (χ1v) is 27.1. The fraction of sp³-hybridized carbons (Fsp3) is 0.0563. The van der Waals surface area contributed by atoms with Crippen LogP contribution in [0.25, 0.3) is 145 Å². The molecule has 366 valence electrons. The topological polar surface area (TPSA) is 58.4 Å². The van der Waals surface area contributed by atoms with E-state index in [1.54, 1.807) is 0 Å². The van der Waals surface area contributed by atoms with E-state index in [1.165, 1.54) is 87.5 Å². The Kier molecular flexibility index (Phi) is 9.24. The van der Waals surface area contributed by atoms with Gasteiger partial charge in [0.15, 0.2) is 11.6 Å². The molecule has 0 spiro atoms. The lowest BCUT2D eigenvalue weighted by molar-refractivity contribution is 0.888. The number of rotatable bonds is 6. The van der Waals surface area contributed by atoms with Gasteiger partial charge in [0.05, 0.1) is 38.8 Å². The third kappa shape index (κ3) is 6.30. The SMILES string of the molecule is C1=Cc2c(c3c(ccc4c5c(n(-c6cccc(-n7c8ccccc8c8c7ccc7c9ccccc9n(-c9ccccc9)c78)c6)c43)CCC=C5)n2-c2nc(-c3ccc4ccccc4c3)nc(-c3ccc4ccccc4c3)n2)CC1. The van der Waals surface area contributed by atoms with Crippen LogP contribution < -0.4 is 0 Å². The normalized spacial score (nSPS) is 13.3. The monoisotopic (exact) mass is 997 g/mol. The quantitative estimate of drug-likeness (QED) is 0.167. The van der Waals surface area contributed by atoms with Gasteiger partial charge < -0.3 is 13.7 Å². The Morgan fingerprint density at radius 2 is 0.923 bits per heavy atom. The van der Waals surface area contributed by atoms with Gasteiger partial charge in [-0.05, 0) is 126 Å². The summed E-state index contributed by atoms with van der Waals surface area (Å²) in [5.41, 5.74) is 17.4. The van der Waals surface area contributed by atoms with Gasteiger partial charge in [0.1, 0.15) is 0 Å². The number of hydrogen-bond donors (Lipinski definition) is 0. The van der Waals surface area contributed by atoms with E-state index in [0.717, 1.165) is 75.9 Å². The second-order valence-corrected chi connectivity index (χ2v) is 21.0. The number of aromatic nitrogens is 7. The van der Waals surface area contributed by atoms with Crippen molar-refractivity contribution in [3.63, 3.8) is 0 Å². The van der Waals surface area contributed by atoms with Gasteiger partial charge in [0.2, 0.25) is 5.95 Å². The van der Waals surface area contributed by atoms with E-state index in [9.17, 15) is 0 Å². The predicted molar refractivity (Wildman–Crippen MR) is 323 cm³/mol. The maximum absolute atomic E-state index is 5.45. The van der Waals surface area contributed by atoms with Crippen molar-refractivity contribution in [3.05, 3.63) is 247 Å². The minimum atomic E-state index is 0.602. The Morgan fingerprint density at radius 3 is 1.67 bits per heavy atom. The van der Waals surface area contributed by atoms with Crippen LogP contribution in [-0.4, -0.2) is 33.2 Å². The molecule has 0 unspecified atom stereocenters. The summed E-state index contributed by atoms with van der Waals surface area (Å²) in [5.74, 6) is 1.88. The van der Waals surface area contributed by atoms with Gasteiger partial charge >= 0.3 is 0 Å². The first kappa shape index (κ1) is 43.2. The first-order valence-electron chi connectivity index (χ1n) is 27.1. The molecule has 10 aromatic carbocycles. The summed E-state index contributed by atoms with van der Waals surface area (Å²) < 4.78 is 9.85. The van der Waals surface area contributed by atoms with Crippen LogP contribution in [0, 0.1) is 0 Å². The van der Waals surface area contributed by atoms with E-state index in [-0.39, 0.29) is 0 Å². The summed E-state index contributed by atoms with van der Waals surface area (Å²) in [6.07, 6.45) is 13.1. The molecule has 0 atom stereocenters. The summed E-state index contributed by atoms with van der Waals surface area (Å²) in [4.78, 5) is 16.2. The summed E-state index contributed by atoms with van der Waals surface area (Å²) >= 11 is 0. The minimum absolute atomic E-state index is 0.602. The molecule has 0 aliphatic heterocycles. The Balaban J connectivity index is 0.908. The third-order valence-electron chi connectivity index (χ3n) is 16.7. The van der Waals surface area contributed by atoms with Crippen LogP contribution >= 0.6 is 0 Å². The van der Waals surface area contributed by atoms with Crippen LogP contribution in [0.3, 0.4) is 0 Å². The van der Waals surface area contributed by atoms with Crippen molar-refractivity contribution >= 4 is 99.1 Å². The lowest BCUT2D eigenvalue weighted by atomic mass is 9.98. The molecule has 2 aliphatic rings. The molecule has 0 fully saturated rings. The van der Waals surface area contributed by atoms with Gasteiger partial charge in [-0.3, -0.25) is 4.57 Å². The molecule has 2 aliphatic carbocycles. The van der Waals surface area contributed by atoms with E-state index >= 15 is 0 Å². The molecular formula is C71H47N7. The molecule has 15 aromatic rings. The standard InChI is InChI=1S/C71H47N7/c1-2-21-50(22-3-1)76-59-29-12-8-25-53(59)55-37-39-63-65(67(55)76)57-27-10-14-31-61(57)75(63)51-23-16-24-52(43-51)77-60-30-13-9-26-54(60)56-38-40-64-66(68(56)77)58-28-11-15-32-62(58)78(64)71-73-69(48-35-33-44-17-4-6-19-46(44)41-48)72-70(74-71)49-36-34-45-18-5-7-20-47(45)42-49/h1-10,12,14-27,29,31-43H,11,13,28,30H2. The number of nitrogens with zero attached hydrogens (tertiary/aromatic N) is 7.